The fourth-order valence-electron chi connectivity index (χ4n) is 4.47. The summed E-state index contributed by atoms with van der Waals surface area (Å²) in [6.45, 7) is 6.51. The lowest BCUT2D eigenvalue weighted by molar-refractivity contribution is 0.0283. The maximum atomic E-state index is 12.9. The van der Waals surface area contributed by atoms with E-state index in [-0.39, 0.29) is 5.82 Å². The molecule has 0 spiro atoms. The summed E-state index contributed by atoms with van der Waals surface area (Å²) in [4.78, 5) is 26.2. The van der Waals surface area contributed by atoms with Gasteiger partial charge in [0, 0.05) is 32.2 Å². The fourth-order valence-corrected chi connectivity index (χ4v) is 5.93. The second-order valence-corrected chi connectivity index (χ2v) is 12.6. The number of anilines is 1. The number of nitrogens with one attached hydrogen (secondary N) is 1. The van der Waals surface area contributed by atoms with Crippen molar-refractivity contribution in [2.45, 2.75) is 50.5 Å². The van der Waals surface area contributed by atoms with E-state index < -0.39 is 26.3 Å². The van der Waals surface area contributed by atoms with E-state index in [2.05, 4.69) is 9.97 Å². The molecular weight excluding hydrogens is 482 g/mol. The van der Waals surface area contributed by atoms with Crippen molar-refractivity contribution in [2.24, 2.45) is 0 Å². The Balaban J connectivity index is 1.65. The molecule has 0 aliphatic carbocycles. The summed E-state index contributed by atoms with van der Waals surface area (Å²) >= 11 is 0. The average Bonchev–Trinajstić information content (AvgIpc) is 3.18. The van der Waals surface area contributed by atoms with E-state index in [1.54, 1.807) is 19.2 Å². The van der Waals surface area contributed by atoms with E-state index in [1.807, 2.05) is 39.0 Å². The largest absolute Gasteiger partial charge is 0.444 e. The zero-order chi connectivity index (χ0) is 26.3. The van der Waals surface area contributed by atoms with E-state index in [1.165, 1.54) is 11.2 Å². The third-order valence-corrected chi connectivity index (χ3v) is 8.35. The molecule has 3 aromatic heterocycles. The Morgan fingerprint density at radius 2 is 1.86 bits per heavy atom. The van der Waals surface area contributed by atoms with Gasteiger partial charge in [-0.2, -0.15) is 0 Å². The Labute approximate surface area is 211 Å². The third kappa shape index (κ3) is 5.31. The monoisotopic (exact) mass is 515 g/mol. The first-order chi connectivity index (χ1) is 16.8. The first-order valence-electron chi connectivity index (χ1n) is 11.8. The third-order valence-electron chi connectivity index (χ3n) is 6.29. The van der Waals surface area contributed by atoms with Gasteiger partial charge in [0.15, 0.2) is 9.84 Å². The van der Waals surface area contributed by atoms with Crippen LogP contribution in [0.5, 0.6) is 0 Å². The maximum Gasteiger partial charge on any atom is 0.410 e. The molecule has 194 valence electrons. The molecule has 0 radical (unpaired) electrons. The van der Waals surface area contributed by atoms with Crippen LogP contribution in [0.1, 0.15) is 44.9 Å². The number of ether oxygens (including phenoxy) is 2. The highest BCUT2D eigenvalue weighted by Gasteiger charge is 2.44. The van der Waals surface area contributed by atoms with Crippen molar-refractivity contribution in [1.29, 1.82) is 0 Å². The van der Waals surface area contributed by atoms with Crippen molar-refractivity contribution < 1.29 is 22.7 Å². The first kappa shape index (κ1) is 25.9. The summed E-state index contributed by atoms with van der Waals surface area (Å²) in [6, 6.07) is 8.95. The summed E-state index contributed by atoms with van der Waals surface area (Å²) < 4.78 is 35.6. The van der Waals surface area contributed by atoms with Gasteiger partial charge in [-0.1, -0.05) is 0 Å². The molecule has 1 amide bonds. The van der Waals surface area contributed by atoms with Crippen LogP contribution >= 0.6 is 0 Å². The number of carbonyl (C=O) groups is 1. The van der Waals surface area contributed by atoms with Gasteiger partial charge in [0.2, 0.25) is 0 Å². The number of pyridine rings is 2. The second-order valence-electron chi connectivity index (χ2n) is 10.3. The number of H-pyrrole nitrogens is 1. The number of fused-ring (bicyclic) bond motifs is 1. The highest BCUT2D eigenvalue weighted by Crippen LogP contribution is 2.41. The summed E-state index contributed by atoms with van der Waals surface area (Å²) in [5, 5.41) is 0. The fraction of sp³-hybridized carbons (Fsp3) is 0.480. The van der Waals surface area contributed by atoms with E-state index in [9.17, 15) is 13.2 Å². The lowest BCUT2D eigenvalue weighted by Gasteiger charge is -2.36. The number of hydrogen-bond donors (Lipinski definition) is 2. The van der Waals surface area contributed by atoms with Crippen LogP contribution in [0.2, 0.25) is 0 Å². The molecule has 3 aromatic rings. The van der Waals surface area contributed by atoms with Gasteiger partial charge in [-0.05, 0) is 69.5 Å². The minimum Gasteiger partial charge on any atom is -0.444 e. The zero-order valence-electron chi connectivity index (χ0n) is 21.3. The summed E-state index contributed by atoms with van der Waals surface area (Å²) in [7, 11) is -1.78. The van der Waals surface area contributed by atoms with Gasteiger partial charge in [0.25, 0.3) is 0 Å². The van der Waals surface area contributed by atoms with E-state index in [4.69, 9.17) is 20.2 Å². The molecule has 3 N–H and O–H groups in total. The molecule has 0 saturated carbocycles. The Kier molecular flexibility index (Phi) is 6.74. The predicted octanol–water partition coefficient (Wildman–Crippen LogP) is 3.62. The minimum absolute atomic E-state index is 0.229. The van der Waals surface area contributed by atoms with E-state index >= 15 is 0 Å². The number of aromatic amines is 1. The first-order valence-corrected chi connectivity index (χ1v) is 13.7. The van der Waals surface area contributed by atoms with E-state index in [0.717, 1.165) is 11.2 Å². The molecule has 4 rings (SSSR count). The molecular formula is C25H33N5O5S. The van der Waals surface area contributed by atoms with Crippen LogP contribution in [0.4, 0.5) is 10.6 Å². The van der Waals surface area contributed by atoms with Gasteiger partial charge >= 0.3 is 6.09 Å². The predicted molar refractivity (Wildman–Crippen MR) is 138 cm³/mol. The number of nitrogens with two attached hydrogens (primary N) is 1. The number of carbonyl (C=O) groups excluding carboxylic acids is 1. The zero-order valence-corrected chi connectivity index (χ0v) is 22.1. The second kappa shape index (κ2) is 9.36. The number of aromatic nitrogens is 3. The molecule has 0 bridgehead atoms. The molecule has 10 nitrogen and oxygen atoms in total. The van der Waals surface area contributed by atoms with Gasteiger partial charge in [0.05, 0.1) is 29.0 Å². The average molecular weight is 516 g/mol. The lowest BCUT2D eigenvalue weighted by Crippen LogP contribution is -2.40. The van der Waals surface area contributed by atoms with Crippen molar-refractivity contribution in [1.82, 2.24) is 19.9 Å². The van der Waals surface area contributed by atoms with Crippen LogP contribution < -0.4 is 5.73 Å². The molecule has 11 heteroatoms. The van der Waals surface area contributed by atoms with Gasteiger partial charge in [0.1, 0.15) is 16.2 Å². The summed E-state index contributed by atoms with van der Waals surface area (Å²) in [5.74, 6) is 0.229. The molecule has 1 aliphatic rings. The quantitative estimate of drug-likeness (QED) is 0.525. The number of nitrogens with zero attached hydrogens (tertiary/aromatic N) is 3. The molecule has 1 aliphatic heterocycles. The summed E-state index contributed by atoms with van der Waals surface area (Å²) in [5.41, 5.74) is 9.50. The molecule has 1 saturated heterocycles. The topological polar surface area (TPSA) is 140 Å². The van der Waals surface area contributed by atoms with Crippen molar-refractivity contribution in [3.05, 3.63) is 41.6 Å². The Morgan fingerprint density at radius 1 is 1.17 bits per heavy atom. The van der Waals surface area contributed by atoms with Crippen LogP contribution in [0.25, 0.3) is 22.4 Å². The Morgan fingerprint density at radius 3 is 2.50 bits per heavy atom. The number of hydrogen-bond acceptors (Lipinski definition) is 8. The van der Waals surface area contributed by atoms with Crippen LogP contribution in [0, 0.1) is 0 Å². The van der Waals surface area contributed by atoms with Crippen LogP contribution in [0.15, 0.2) is 30.3 Å². The molecule has 0 unspecified atom stereocenters. The van der Waals surface area contributed by atoms with Crippen molar-refractivity contribution >= 4 is 32.8 Å². The van der Waals surface area contributed by atoms with Gasteiger partial charge in [-0.15, -0.1) is 0 Å². The van der Waals surface area contributed by atoms with Gasteiger partial charge < -0.3 is 25.1 Å². The smallest absolute Gasteiger partial charge is 0.410 e. The van der Waals surface area contributed by atoms with E-state index in [0.29, 0.717) is 55.1 Å². The summed E-state index contributed by atoms with van der Waals surface area (Å²) in [6.07, 6.45) is 1.55. The van der Waals surface area contributed by atoms with Crippen molar-refractivity contribution in [2.75, 3.05) is 32.3 Å². The molecule has 0 atom stereocenters. The molecule has 1 fully saturated rings. The minimum atomic E-state index is -3.45. The number of amides is 1. The number of sulfone groups is 1. The Hall–Kier alpha value is -3.18. The van der Waals surface area contributed by atoms with Gasteiger partial charge in [-0.3, -0.25) is 0 Å². The molecule has 4 heterocycles. The standard InChI is InChI=1S/C25H33N5O5S/c1-24(2,3)35-23(31)30(4)15-17-14-21-18(27-17)6-7-19(28-21)20-12-16(13-22(26)29-20)25(36(5,32)33)8-10-34-11-9-25/h6-7,12-14,27H,8-11,15H2,1-5H3,(H2,26,29). The maximum absolute atomic E-state index is 12.9. The van der Waals surface area contributed by atoms with Crippen molar-refractivity contribution in [3.63, 3.8) is 0 Å². The van der Waals surface area contributed by atoms with Crippen LogP contribution in [-0.2, 0) is 30.6 Å². The SMILES string of the molecule is CN(Cc1cc2nc(-c3cc(C4(S(C)(=O)=O)CCOCC4)cc(N)n3)ccc2[nH]1)C(=O)OC(C)(C)C. The molecule has 0 aromatic carbocycles. The highest BCUT2D eigenvalue weighted by atomic mass is 32.2. The normalized spacial score (nSPS) is 16.1. The van der Waals surface area contributed by atoms with Crippen LogP contribution in [0.3, 0.4) is 0 Å². The van der Waals surface area contributed by atoms with Crippen molar-refractivity contribution in [3.8, 4) is 11.4 Å². The highest BCUT2D eigenvalue weighted by molar-refractivity contribution is 7.91. The Bertz CT molecular complexity index is 1390. The lowest BCUT2D eigenvalue weighted by atomic mass is 9.90. The van der Waals surface area contributed by atoms with Crippen LogP contribution in [-0.4, -0.2) is 66.5 Å². The number of rotatable bonds is 5. The number of nitrogen functional groups attached to an aromatic ring is 1. The van der Waals surface area contributed by atoms with Gasteiger partial charge in [-0.25, -0.2) is 23.2 Å². The molecule has 36 heavy (non-hydrogen) atoms.